The van der Waals surface area contributed by atoms with E-state index in [0.29, 0.717) is 41.8 Å². The van der Waals surface area contributed by atoms with Crippen molar-refractivity contribution in [3.8, 4) is 0 Å². The van der Waals surface area contributed by atoms with Gasteiger partial charge in [-0.3, -0.25) is 14.4 Å². The maximum absolute atomic E-state index is 14.0. The van der Waals surface area contributed by atoms with Gasteiger partial charge in [0.15, 0.2) is 5.78 Å². The van der Waals surface area contributed by atoms with Gasteiger partial charge in [-0.25, -0.2) is 8.42 Å². The van der Waals surface area contributed by atoms with Crippen molar-refractivity contribution < 1.29 is 62.4 Å². The first kappa shape index (κ1) is 42.9. The number of hydrogen-bond acceptors (Lipinski definition) is 11. The molecule has 2 aromatic rings. The van der Waals surface area contributed by atoms with E-state index in [1.54, 1.807) is 13.8 Å². The molecule has 2 aromatic heterocycles. The molecule has 2 fully saturated rings. The minimum atomic E-state index is -4.60. The van der Waals surface area contributed by atoms with Crippen LogP contribution in [0.4, 0.5) is 0 Å². The number of hydrogen-bond donors (Lipinski definition) is 3. The van der Waals surface area contributed by atoms with Gasteiger partial charge in [0.05, 0.1) is 29.4 Å². The van der Waals surface area contributed by atoms with Gasteiger partial charge in [-0.1, -0.05) is 38.3 Å². The summed E-state index contributed by atoms with van der Waals surface area (Å²) in [6.07, 6.45) is 2.16. The average Bonchev–Trinajstić information content (AvgIpc) is 3.74. The monoisotopic (exact) mass is 847 g/mol. The van der Waals surface area contributed by atoms with Crippen molar-refractivity contribution in [3.05, 3.63) is 45.0 Å². The predicted octanol–water partition coefficient (Wildman–Crippen LogP) is 0.806. The van der Waals surface area contributed by atoms with Crippen molar-refractivity contribution in [3.63, 3.8) is 0 Å². The third-order valence-corrected chi connectivity index (χ3v) is 12.8. The number of carbonyl (C=O) groups excluding carboxylic acids is 4. The first-order valence-electron chi connectivity index (χ1n) is 18.3. The Labute approximate surface area is 325 Å². The maximum atomic E-state index is 14.0. The van der Waals surface area contributed by atoms with E-state index < -0.39 is 52.2 Å². The Hall–Kier alpha value is -2.87. The number of fused-ring (bicyclic) bond motifs is 8. The minimum absolute atomic E-state index is 0. The number of Topliss-reactive ketones (excluding diaryl/α,β-unsaturated/α-hetero) is 1. The molecule has 53 heavy (non-hydrogen) atoms. The van der Waals surface area contributed by atoms with Crippen LogP contribution in [0.5, 0.6) is 0 Å². The number of carbonyl (C=O) groups is 4. The van der Waals surface area contributed by atoms with E-state index in [1.807, 2.05) is 13.8 Å². The number of carboxylic acid groups (broad SMARTS) is 1. The number of ketones is 1. The van der Waals surface area contributed by atoms with Crippen LogP contribution in [0.15, 0.2) is 0 Å². The van der Waals surface area contributed by atoms with E-state index in [2.05, 4.69) is 29.8 Å². The molecule has 0 aromatic carbocycles. The minimum Gasteiger partial charge on any atom is -0.748 e. The molecule has 3 aliphatic heterocycles. The zero-order valence-electron chi connectivity index (χ0n) is 31.4. The molecule has 0 radical (unpaired) electrons. The van der Waals surface area contributed by atoms with Crippen LogP contribution in [-0.4, -0.2) is 80.2 Å². The predicted molar refractivity (Wildman–Crippen MR) is 188 cm³/mol. The van der Waals surface area contributed by atoms with Gasteiger partial charge in [-0.05, 0) is 82.5 Å². The standard InChI is InChI=1S/C37H55N5O9S.Pd/c1-8-22-17(2)25-16-30-33(21(6)43)19(4)27(40-30)14-26-18(3)23(9-10-31(44)45)35(41-26)24(13-32(46)51-7)36-34(37(47)38-11-12-52(48,49)50)20(5)28(42-36)15-29(22)39-25;/h17-18,22-26,29,35,39,41H,8-16H2,1-7H3,(H5,38,40,42,43,44,45,47,48,49,50);/q;+2/p-4. The molecule has 0 saturated carbocycles. The van der Waals surface area contributed by atoms with Crippen molar-refractivity contribution in [1.29, 1.82) is 0 Å². The molecule has 5 heterocycles. The molecule has 9 atom stereocenters. The second-order valence-electron chi connectivity index (χ2n) is 15.1. The number of nitrogens with zero attached hydrogens (tertiary/aromatic N) is 2. The number of methoxy groups -OCH3 is 1. The van der Waals surface area contributed by atoms with E-state index in [-0.39, 0.29) is 92.8 Å². The maximum Gasteiger partial charge on any atom is 2.00 e. The molecule has 0 spiro atoms. The first-order chi connectivity index (χ1) is 24.4. The number of carboxylic acids is 1. The summed E-state index contributed by atoms with van der Waals surface area (Å²) in [5.41, 5.74) is 4.76. The summed E-state index contributed by atoms with van der Waals surface area (Å²) in [6, 6.07) is -0.801. The quantitative estimate of drug-likeness (QED) is 0.124. The van der Waals surface area contributed by atoms with Crippen LogP contribution >= 0.6 is 0 Å². The van der Waals surface area contributed by atoms with E-state index in [1.165, 1.54) is 7.11 Å². The summed E-state index contributed by atoms with van der Waals surface area (Å²) in [4.78, 5) is 62.2. The summed E-state index contributed by atoms with van der Waals surface area (Å²) in [6.45, 7) is 11.2. The Kier molecular flexibility index (Phi) is 14.0. The third kappa shape index (κ3) is 9.16. The summed E-state index contributed by atoms with van der Waals surface area (Å²) in [7, 11) is -3.33. The van der Waals surface area contributed by atoms with Gasteiger partial charge in [0, 0.05) is 47.8 Å². The van der Waals surface area contributed by atoms with Crippen LogP contribution in [0.2, 0.25) is 0 Å². The number of esters is 1. The van der Waals surface area contributed by atoms with E-state index >= 15 is 0 Å². The van der Waals surface area contributed by atoms with Crippen molar-refractivity contribution in [2.75, 3.05) is 19.4 Å². The summed E-state index contributed by atoms with van der Waals surface area (Å²) in [5, 5.41) is 21.9. The summed E-state index contributed by atoms with van der Waals surface area (Å²) >= 11 is 0. The fourth-order valence-corrected chi connectivity index (χ4v) is 9.72. The second-order valence-corrected chi connectivity index (χ2v) is 16.6. The summed E-state index contributed by atoms with van der Waals surface area (Å²) in [5.74, 6) is -3.93. The Balaban J connectivity index is 0.00000627. The SMILES string of the molecule is CCC1C2Cc3[n-]c(c(C(=O)NCCS(=O)(=O)[O-])c3C)C(CC(=O)OC)C3NC(Cc4[n-]c(c(C(C)=O)c4C)CC(N2)C1C)C(C)C3CCC(=O)[O-].[Pd+2]. The first-order valence-corrected chi connectivity index (χ1v) is 19.9. The Morgan fingerprint density at radius 1 is 0.906 bits per heavy atom. The molecule has 16 heteroatoms. The molecule has 14 nitrogen and oxygen atoms in total. The Morgan fingerprint density at radius 3 is 2.09 bits per heavy atom. The molecule has 3 aliphatic rings. The molecule has 8 bridgehead atoms. The van der Waals surface area contributed by atoms with Gasteiger partial charge in [-0.15, -0.1) is 11.4 Å². The Morgan fingerprint density at radius 2 is 1.49 bits per heavy atom. The largest absolute Gasteiger partial charge is 2.00 e. The van der Waals surface area contributed by atoms with Crippen LogP contribution in [0.25, 0.3) is 0 Å². The third-order valence-electron chi connectivity index (χ3n) is 12.1. The van der Waals surface area contributed by atoms with E-state index in [9.17, 15) is 37.3 Å². The van der Waals surface area contributed by atoms with Crippen LogP contribution < -0.4 is 31.0 Å². The van der Waals surface area contributed by atoms with Gasteiger partial charge < -0.3 is 45.1 Å². The van der Waals surface area contributed by atoms with Gasteiger partial charge in [-0.2, -0.15) is 11.4 Å². The van der Waals surface area contributed by atoms with Crippen molar-refractivity contribution >= 4 is 33.7 Å². The van der Waals surface area contributed by atoms with Crippen LogP contribution in [0.3, 0.4) is 0 Å². The molecule has 1 amide bonds. The molecule has 0 aliphatic carbocycles. The van der Waals surface area contributed by atoms with Crippen molar-refractivity contribution in [2.45, 2.75) is 117 Å². The zero-order valence-corrected chi connectivity index (χ0v) is 33.7. The second kappa shape index (κ2) is 17.3. The fraction of sp³-hybridized carbons (Fsp3) is 0.676. The van der Waals surface area contributed by atoms with E-state index in [0.717, 1.165) is 23.4 Å². The van der Waals surface area contributed by atoms with Crippen LogP contribution in [0.1, 0.15) is 114 Å². The van der Waals surface area contributed by atoms with Crippen molar-refractivity contribution in [2.24, 2.45) is 23.7 Å². The molecule has 3 N–H and O–H groups in total. The van der Waals surface area contributed by atoms with Gasteiger partial charge in [0.1, 0.15) is 0 Å². The van der Waals surface area contributed by atoms with Crippen LogP contribution in [0, 0.1) is 37.5 Å². The summed E-state index contributed by atoms with van der Waals surface area (Å²) < 4.78 is 39.3. The molecular formula is C37H51N5O9PdS-2. The van der Waals surface area contributed by atoms with Crippen molar-refractivity contribution in [1.82, 2.24) is 25.9 Å². The van der Waals surface area contributed by atoms with E-state index in [4.69, 9.17) is 14.7 Å². The molecule has 9 unspecified atom stereocenters. The number of nitrogens with one attached hydrogen (secondary N) is 3. The molecule has 5 rings (SSSR count). The Bertz CT molecular complexity index is 1810. The number of ether oxygens (including phenoxy) is 1. The number of aliphatic carboxylic acids is 1. The number of rotatable bonds is 11. The fourth-order valence-electron chi connectivity index (χ4n) is 9.37. The van der Waals surface area contributed by atoms with Crippen LogP contribution in [-0.2, 0) is 64.1 Å². The average molecular weight is 848 g/mol. The number of amides is 1. The smallest absolute Gasteiger partial charge is 0.748 e. The molecule has 2 saturated heterocycles. The van der Waals surface area contributed by atoms with Gasteiger partial charge in [0.25, 0.3) is 0 Å². The topological polar surface area (TPSA) is 222 Å². The molecule has 296 valence electrons. The number of aromatic nitrogens is 2. The van der Waals surface area contributed by atoms with Gasteiger partial charge >= 0.3 is 26.4 Å². The zero-order chi connectivity index (χ0) is 38.2. The molecular weight excluding hydrogens is 797 g/mol. The normalized spacial score (nSPS) is 28.3. The van der Waals surface area contributed by atoms with Gasteiger partial charge in [0.2, 0.25) is 5.91 Å².